The Labute approximate surface area is 103 Å². The molecule has 1 aliphatic rings. The molecule has 0 bridgehead atoms. The van der Waals surface area contributed by atoms with Crippen LogP contribution < -0.4 is 5.32 Å². The first-order chi connectivity index (χ1) is 8.31. The van der Waals surface area contributed by atoms with Gasteiger partial charge >= 0.3 is 0 Å². The largest absolute Gasteiger partial charge is 0.295 e. The summed E-state index contributed by atoms with van der Waals surface area (Å²) in [7, 11) is 0. The van der Waals surface area contributed by atoms with E-state index in [9.17, 15) is 5.26 Å². The molecule has 1 aliphatic carbocycles. The van der Waals surface area contributed by atoms with E-state index in [0.29, 0.717) is 6.04 Å². The quantitative estimate of drug-likeness (QED) is 0.867. The van der Waals surface area contributed by atoms with Crippen LogP contribution >= 0.6 is 0 Å². The van der Waals surface area contributed by atoms with Gasteiger partial charge in [-0.1, -0.05) is 19.3 Å². The predicted octanol–water partition coefficient (Wildman–Crippen LogP) is 2.88. The Hall–Kier alpha value is -1.40. The van der Waals surface area contributed by atoms with Gasteiger partial charge < -0.3 is 0 Å². The summed E-state index contributed by atoms with van der Waals surface area (Å²) in [6.07, 6.45) is 9.85. The molecule has 1 aromatic rings. The third-order valence-corrected chi connectivity index (χ3v) is 3.53. The van der Waals surface area contributed by atoms with E-state index >= 15 is 0 Å². The third kappa shape index (κ3) is 3.04. The summed E-state index contributed by atoms with van der Waals surface area (Å²) in [6, 6.07) is 4.59. The van der Waals surface area contributed by atoms with Crippen LogP contribution in [0.25, 0.3) is 0 Å². The smallest absolute Gasteiger partial charge is 0.123 e. The number of hydrogen-bond acceptors (Lipinski definition) is 3. The Morgan fingerprint density at radius 2 is 2.18 bits per heavy atom. The van der Waals surface area contributed by atoms with Crippen molar-refractivity contribution < 1.29 is 0 Å². The van der Waals surface area contributed by atoms with E-state index in [1.54, 1.807) is 12.4 Å². The highest BCUT2D eigenvalue weighted by Crippen LogP contribution is 2.22. The molecule has 3 nitrogen and oxygen atoms in total. The molecule has 1 heterocycles. The standard InChI is InChI=1S/C14H19N3/c1-11-7-8-16-10-13(11)14(9-15)17-12-5-3-2-4-6-12/h7-8,10,12,14,17H,2-6H2,1H3. The molecule has 3 heteroatoms. The third-order valence-electron chi connectivity index (χ3n) is 3.53. The first-order valence-corrected chi connectivity index (χ1v) is 6.37. The van der Waals surface area contributed by atoms with Crippen molar-refractivity contribution in [1.29, 1.82) is 5.26 Å². The topological polar surface area (TPSA) is 48.7 Å². The van der Waals surface area contributed by atoms with Crippen molar-refractivity contribution in [3.8, 4) is 6.07 Å². The molecule has 0 aromatic carbocycles. The minimum atomic E-state index is -0.216. The van der Waals surface area contributed by atoms with E-state index in [1.165, 1.54) is 32.1 Å². The molecule has 1 aromatic heterocycles. The number of aromatic nitrogens is 1. The Balaban J connectivity index is 2.06. The molecule has 0 aliphatic heterocycles. The van der Waals surface area contributed by atoms with Gasteiger partial charge in [0, 0.05) is 24.0 Å². The summed E-state index contributed by atoms with van der Waals surface area (Å²) in [4.78, 5) is 4.12. The highest BCUT2D eigenvalue weighted by Gasteiger charge is 2.19. The van der Waals surface area contributed by atoms with Gasteiger partial charge in [-0.2, -0.15) is 5.26 Å². The molecule has 0 spiro atoms. The zero-order valence-corrected chi connectivity index (χ0v) is 10.3. The molecule has 1 N–H and O–H groups in total. The molecule has 0 amide bonds. The molecule has 17 heavy (non-hydrogen) atoms. The van der Waals surface area contributed by atoms with Crippen LogP contribution in [-0.2, 0) is 0 Å². The van der Waals surface area contributed by atoms with E-state index in [2.05, 4.69) is 16.4 Å². The molecule has 90 valence electrons. The van der Waals surface area contributed by atoms with Gasteiger partial charge in [-0.3, -0.25) is 10.3 Å². The highest BCUT2D eigenvalue weighted by atomic mass is 15.0. The Morgan fingerprint density at radius 1 is 1.41 bits per heavy atom. The van der Waals surface area contributed by atoms with Crippen molar-refractivity contribution in [2.75, 3.05) is 0 Å². The van der Waals surface area contributed by atoms with Gasteiger partial charge in [0.05, 0.1) is 6.07 Å². The van der Waals surface area contributed by atoms with Crippen LogP contribution in [0, 0.1) is 18.3 Å². The minimum absolute atomic E-state index is 0.216. The summed E-state index contributed by atoms with van der Waals surface area (Å²) in [5, 5.41) is 12.8. The number of hydrogen-bond donors (Lipinski definition) is 1. The molecule has 1 atom stereocenters. The normalized spacial score (nSPS) is 18.6. The van der Waals surface area contributed by atoms with Crippen LogP contribution in [0.15, 0.2) is 18.5 Å². The number of nitrogens with zero attached hydrogens (tertiary/aromatic N) is 2. The van der Waals surface area contributed by atoms with Crippen molar-refractivity contribution in [3.05, 3.63) is 29.6 Å². The van der Waals surface area contributed by atoms with Crippen molar-refractivity contribution in [2.45, 2.75) is 51.1 Å². The molecule has 0 saturated heterocycles. The summed E-state index contributed by atoms with van der Waals surface area (Å²) in [5.41, 5.74) is 2.15. The lowest BCUT2D eigenvalue weighted by atomic mass is 9.94. The van der Waals surface area contributed by atoms with Gasteiger partial charge in [-0.05, 0) is 31.4 Å². The number of nitriles is 1. The lowest BCUT2D eigenvalue weighted by Gasteiger charge is -2.26. The van der Waals surface area contributed by atoms with Crippen molar-refractivity contribution in [1.82, 2.24) is 10.3 Å². The maximum atomic E-state index is 9.29. The maximum absolute atomic E-state index is 9.29. The monoisotopic (exact) mass is 229 g/mol. The first-order valence-electron chi connectivity index (χ1n) is 6.37. The van der Waals surface area contributed by atoms with Gasteiger partial charge in [0.2, 0.25) is 0 Å². The second-order valence-electron chi connectivity index (χ2n) is 4.80. The minimum Gasteiger partial charge on any atom is -0.295 e. The summed E-state index contributed by atoms with van der Waals surface area (Å²) in [6.45, 7) is 2.03. The van der Waals surface area contributed by atoms with Crippen LogP contribution in [0.3, 0.4) is 0 Å². The van der Waals surface area contributed by atoms with Crippen molar-refractivity contribution >= 4 is 0 Å². The van der Waals surface area contributed by atoms with E-state index in [0.717, 1.165) is 11.1 Å². The lowest BCUT2D eigenvalue weighted by Crippen LogP contribution is -2.34. The van der Waals surface area contributed by atoms with E-state index < -0.39 is 0 Å². The number of rotatable bonds is 3. The average molecular weight is 229 g/mol. The molecular formula is C14H19N3. The average Bonchev–Trinajstić information content (AvgIpc) is 2.38. The SMILES string of the molecule is Cc1ccncc1C(C#N)NC1CCCCC1. The highest BCUT2D eigenvalue weighted by molar-refractivity contribution is 5.29. The molecule has 1 unspecified atom stereocenters. The van der Waals surface area contributed by atoms with Crippen LogP contribution in [0.1, 0.15) is 49.3 Å². The van der Waals surface area contributed by atoms with Crippen molar-refractivity contribution in [2.24, 2.45) is 0 Å². The number of nitrogens with one attached hydrogen (secondary N) is 1. The van der Waals surface area contributed by atoms with Crippen molar-refractivity contribution in [3.63, 3.8) is 0 Å². The van der Waals surface area contributed by atoms with Gasteiger partial charge in [0.25, 0.3) is 0 Å². The van der Waals surface area contributed by atoms with E-state index in [1.807, 2.05) is 13.0 Å². The molecule has 0 radical (unpaired) electrons. The van der Waals surface area contributed by atoms with Gasteiger partial charge in [0.1, 0.15) is 6.04 Å². The number of aryl methyl sites for hydroxylation is 1. The van der Waals surface area contributed by atoms with Crippen LogP contribution in [0.5, 0.6) is 0 Å². The van der Waals surface area contributed by atoms with E-state index in [4.69, 9.17) is 0 Å². The summed E-state index contributed by atoms with van der Waals surface area (Å²) in [5.74, 6) is 0. The molecule has 2 rings (SSSR count). The Morgan fingerprint density at radius 3 is 2.82 bits per heavy atom. The fourth-order valence-electron chi connectivity index (χ4n) is 2.48. The van der Waals surface area contributed by atoms with Gasteiger partial charge in [-0.15, -0.1) is 0 Å². The molecule has 1 fully saturated rings. The van der Waals surface area contributed by atoms with Gasteiger partial charge in [0.15, 0.2) is 0 Å². The Bertz CT molecular complexity index is 402. The summed E-state index contributed by atoms with van der Waals surface area (Å²) < 4.78 is 0. The maximum Gasteiger partial charge on any atom is 0.123 e. The lowest BCUT2D eigenvalue weighted by molar-refractivity contribution is 0.359. The zero-order valence-electron chi connectivity index (χ0n) is 10.3. The molecule has 1 saturated carbocycles. The summed E-state index contributed by atoms with van der Waals surface area (Å²) >= 11 is 0. The predicted molar refractivity (Wildman–Crippen MR) is 67.3 cm³/mol. The zero-order chi connectivity index (χ0) is 12.1. The second kappa shape index (κ2) is 5.79. The first kappa shape index (κ1) is 12.1. The second-order valence-corrected chi connectivity index (χ2v) is 4.80. The van der Waals surface area contributed by atoms with Gasteiger partial charge in [-0.25, -0.2) is 0 Å². The number of pyridine rings is 1. The fraction of sp³-hybridized carbons (Fsp3) is 0.571. The van der Waals surface area contributed by atoms with Crippen LogP contribution in [0.2, 0.25) is 0 Å². The molecular weight excluding hydrogens is 210 g/mol. The van der Waals surface area contributed by atoms with E-state index in [-0.39, 0.29) is 6.04 Å². The van der Waals surface area contributed by atoms with Crippen LogP contribution in [-0.4, -0.2) is 11.0 Å². The Kier molecular flexibility index (Phi) is 4.11. The van der Waals surface area contributed by atoms with Crippen LogP contribution in [0.4, 0.5) is 0 Å². The fourth-order valence-corrected chi connectivity index (χ4v) is 2.48.